The average molecular weight is 214 g/mol. The largest absolute Gasteiger partial charge is 0.496 e. The van der Waals surface area contributed by atoms with Crippen molar-refractivity contribution in [1.29, 1.82) is 0 Å². The van der Waals surface area contributed by atoms with Gasteiger partial charge in [-0.05, 0) is 25.1 Å². The summed E-state index contributed by atoms with van der Waals surface area (Å²) in [4.78, 5) is 11.1. The number of nitrogen functional groups attached to an aromatic ring is 1. The van der Waals surface area contributed by atoms with Crippen LogP contribution in [0.25, 0.3) is 0 Å². The highest BCUT2D eigenvalue weighted by Gasteiger charge is 2.17. The number of benzene rings is 1. The van der Waals surface area contributed by atoms with Crippen molar-refractivity contribution in [2.24, 2.45) is 0 Å². The van der Waals surface area contributed by atoms with Crippen LogP contribution in [0.1, 0.15) is 17.9 Å². The van der Waals surface area contributed by atoms with E-state index in [0.29, 0.717) is 17.0 Å². The van der Waals surface area contributed by atoms with Crippen molar-refractivity contribution in [2.45, 2.75) is 12.3 Å². The van der Waals surface area contributed by atoms with E-state index in [9.17, 15) is 4.79 Å². The van der Waals surface area contributed by atoms with Gasteiger partial charge in [-0.2, -0.15) is 0 Å². The van der Waals surface area contributed by atoms with Crippen LogP contribution in [0.5, 0.6) is 5.75 Å². The van der Waals surface area contributed by atoms with Gasteiger partial charge in [0.05, 0.1) is 7.11 Å². The maximum absolute atomic E-state index is 11.1. The number of hydrogen-bond donors (Lipinski definition) is 1. The van der Waals surface area contributed by atoms with Gasteiger partial charge in [0, 0.05) is 11.3 Å². The van der Waals surface area contributed by atoms with Crippen LogP contribution in [-0.4, -0.2) is 12.9 Å². The molecule has 0 heterocycles. The topological polar surface area (TPSA) is 52.3 Å². The molecule has 14 heavy (non-hydrogen) atoms. The molecule has 4 heteroatoms. The van der Waals surface area contributed by atoms with Crippen molar-refractivity contribution in [3.8, 4) is 5.75 Å². The third kappa shape index (κ3) is 2.17. The Morgan fingerprint density at radius 1 is 1.57 bits per heavy atom. The number of Topliss-reactive ketones (excluding diaryl/α,β-unsaturated/α-hetero) is 1. The molecule has 0 saturated carbocycles. The van der Waals surface area contributed by atoms with E-state index >= 15 is 0 Å². The molecule has 2 N–H and O–H groups in total. The van der Waals surface area contributed by atoms with Crippen LogP contribution in [0.15, 0.2) is 18.2 Å². The molecule has 0 amide bonds. The molecule has 0 fully saturated rings. The maximum atomic E-state index is 11.1. The fraction of sp³-hybridized carbons (Fsp3) is 0.300. The number of hydrogen-bond acceptors (Lipinski definition) is 3. The lowest BCUT2D eigenvalue weighted by molar-refractivity contribution is -0.116. The normalized spacial score (nSPS) is 12.2. The molecular weight excluding hydrogens is 202 g/mol. The predicted octanol–water partition coefficient (Wildman–Crippen LogP) is 2.15. The Balaban J connectivity index is 3.16. The number of ether oxygens (including phenoxy) is 1. The second kappa shape index (κ2) is 4.33. The highest BCUT2D eigenvalue weighted by molar-refractivity contribution is 6.31. The first-order valence-corrected chi connectivity index (χ1v) is 4.58. The molecule has 1 unspecified atom stereocenters. The Morgan fingerprint density at radius 3 is 2.71 bits per heavy atom. The summed E-state index contributed by atoms with van der Waals surface area (Å²) in [7, 11) is 1.53. The third-order valence-corrected chi connectivity index (χ3v) is 2.43. The Bertz CT molecular complexity index is 352. The van der Waals surface area contributed by atoms with Crippen molar-refractivity contribution >= 4 is 23.1 Å². The quantitative estimate of drug-likeness (QED) is 0.618. The van der Waals surface area contributed by atoms with Crippen molar-refractivity contribution in [3.63, 3.8) is 0 Å². The van der Waals surface area contributed by atoms with E-state index in [-0.39, 0.29) is 5.78 Å². The Morgan fingerprint density at radius 2 is 2.21 bits per heavy atom. The molecule has 0 spiro atoms. The molecule has 0 saturated heterocycles. The number of carbonyl (C=O) groups excluding carboxylic acids is 1. The van der Waals surface area contributed by atoms with E-state index in [4.69, 9.17) is 22.1 Å². The average Bonchev–Trinajstić information content (AvgIpc) is 2.16. The molecule has 0 aromatic heterocycles. The molecule has 0 bridgehead atoms. The van der Waals surface area contributed by atoms with Gasteiger partial charge >= 0.3 is 0 Å². The highest BCUT2D eigenvalue weighted by Crippen LogP contribution is 2.31. The Labute approximate surface area is 87.8 Å². The van der Waals surface area contributed by atoms with Crippen molar-refractivity contribution in [3.05, 3.63) is 23.8 Å². The zero-order valence-corrected chi connectivity index (χ0v) is 8.84. The van der Waals surface area contributed by atoms with Gasteiger partial charge in [-0.1, -0.05) is 0 Å². The van der Waals surface area contributed by atoms with Crippen LogP contribution in [0, 0.1) is 0 Å². The third-order valence-electron chi connectivity index (χ3n) is 1.88. The maximum Gasteiger partial charge on any atom is 0.152 e. The van der Waals surface area contributed by atoms with Gasteiger partial charge in [-0.25, -0.2) is 0 Å². The summed E-state index contributed by atoms with van der Waals surface area (Å²) in [6.07, 6.45) is 0. The molecule has 1 atom stereocenters. The molecule has 0 aliphatic rings. The van der Waals surface area contributed by atoms with Crippen LogP contribution in [0.4, 0.5) is 5.69 Å². The van der Waals surface area contributed by atoms with Gasteiger partial charge in [0.15, 0.2) is 5.78 Å². The summed E-state index contributed by atoms with van der Waals surface area (Å²) < 4.78 is 5.08. The summed E-state index contributed by atoms with van der Waals surface area (Å²) in [6.45, 7) is 1.43. The predicted molar refractivity (Wildman–Crippen MR) is 56.7 cm³/mol. The van der Waals surface area contributed by atoms with Gasteiger partial charge in [0.1, 0.15) is 11.1 Å². The van der Waals surface area contributed by atoms with Crippen LogP contribution >= 0.6 is 11.6 Å². The molecule has 1 aromatic carbocycles. The number of rotatable bonds is 3. The van der Waals surface area contributed by atoms with E-state index < -0.39 is 5.38 Å². The fourth-order valence-corrected chi connectivity index (χ4v) is 1.34. The highest BCUT2D eigenvalue weighted by atomic mass is 35.5. The second-order valence-electron chi connectivity index (χ2n) is 2.97. The van der Waals surface area contributed by atoms with E-state index in [2.05, 4.69) is 0 Å². The van der Waals surface area contributed by atoms with Crippen molar-refractivity contribution in [2.75, 3.05) is 12.8 Å². The lowest BCUT2D eigenvalue weighted by Crippen LogP contribution is -2.04. The zero-order chi connectivity index (χ0) is 10.7. The number of alkyl halides is 1. The van der Waals surface area contributed by atoms with Crippen LogP contribution in [-0.2, 0) is 4.79 Å². The monoisotopic (exact) mass is 213 g/mol. The van der Waals surface area contributed by atoms with Gasteiger partial charge in [-0.3, -0.25) is 4.79 Å². The first kappa shape index (κ1) is 10.9. The van der Waals surface area contributed by atoms with Gasteiger partial charge in [0.2, 0.25) is 0 Å². The summed E-state index contributed by atoms with van der Waals surface area (Å²) in [6, 6.07) is 5.05. The second-order valence-corrected chi connectivity index (χ2v) is 3.41. The molecule has 76 valence electrons. The minimum absolute atomic E-state index is 0.129. The number of halogens is 1. The van der Waals surface area contributed by atoms with E-state index in [1.165, 1.54) is 14.0 Å². The first-order valence-electron chi connectivity index (χ1n) is 4.14. The number of ketones is 1. The molecular formula is C10H12ClNO2. The standard InChI is InChI=1S/C10H12ClNO2/c1-6(13)10(11)8-5-7(12)3-4-9(8)14-2/h3-5,10H,12H2,1-2H3. The lowest BCUT2D eigenvalue weighted by atomic mass is 10.1. The molecule has 1 aromatic rings. The zero-order valence-electron chi connectivity index (χ0n) is 8.08. The van der Waals surface area contributed by atoms with E-state index in [0.717, 1.165) is 0 Å². The lowest BCUT2D eigenvalue weighted by Gasteiger charge is -2.11. The molecule has 1 rings (SSSR count). The molecule has 0 aliphatic carbocycles. The van der Waals surface area contributed by atoms with Crippen LogP contribution in [0.2, 0.25) is 0 Å². The minimum Gasteiger partial charge on any atom is -0.496 e. The van der Waals surface area contributed by atoms with Crippen LogP contribution < -0.4 is 10.5 Å². The Kier molecular flexibility index (Phi) is 3.36. The van der Waals surface area contributed by atoms with E-state index in [1.807, 2.05) is 0 Å². The summed E-state index contributed by atoms with van der Waals surface area (Å²) in [5.41, 5.74) is 6.77. The molecule has 0 aliphatic heterocycles. The number of anilines is 1. The summed E-state index contributed by atoms with van der Waals surface area (Å²) >= 11 is 5.91. The molecule has 0 radical (unpaired) electrons. The van der Waals surface area contributed by atoms with Crippen molar-refractivity contribution in [1.82, 2.24) is 0 Å². The van der Waals surface area contributed by atoms with Gasteiger partial charge < -0.3 is 10.5 Å². The van der Waals surface area contributed by atoms with Gasteiger partial charge in [-0.15, -0.1) is 11.6 Å². The van der Waals surface area contributed by atoms with Crippen molar-refractivity contribution < 1.29 is 9.53 Å². The number of nitrogens with two attached hydrogens (primary N) is 1. The summed E-state index contributed by atoms with van der Waals surface area (Å²) in [5.74, 6) is 0.449. The number of methoxy groups -OCH3 is 1. The minimum atomic E-state index is -0.701. The molecule has 3 nitrogen and oxygen atoms in total. The van der Waals surface area contributed by atoms with E-state index in [1.54, 1.807) is 18.2 Å². The number of carbonyl (C=O) groups is 1. The fourth-order valence-electron chi connectivity index (χ4n) is 1.17. The first-order chi connectivity index (χ1) is 6.56. The van der Waals surface area contributed by atoms with Crippen LogP contribution in [0.3, 0.4) is 0 Å². The smallest absolute Gasteiger partial charge is 0.152 e. The summed E-state index contributed by atoms with van der Waals surface area (Å²) in [5, 5.41) is -0.701. The SMILES string of the molecule is COc1ccc(N)cc1C(Cl)C(C)=O. The van der Waals surface area contributed by atoms with Gasteiger partial charge in [0.25, 0.3) is 0 Å². The Hall–Kier alpha value is -1.22.